The normalized spacial score (nSPS) is 10.7. The SMILES string of the molecule is O=C(O)CCN(CCc1ccc(Cl)cc1Cl)C(=O)c1ccccc1-c1ccccc1C(=O)NCc1cccc(F)c1. The second-order valence-corrected chi connectivity index (χ2v) is 10.2. The summed E-state index contributed by atoms with van der Waals surface area (Å²) in [5.41, 5.74) is 3.12. The zero-order valence-corrected chi connectivity index (χ0v) is 23.5. The minimum absolute atomic E-state index is 0.0104. The molecule has 9 heteroatoms. The number of nitrogens with zero attached hydrogens (tertiary/aromatic N) is 1. The number of carbonyl (C=O) groups excluding carboxylic acids is 2. The molecule has 0 aromatic heterocycles. The number of carboxylic acid groups (broad SMARTS) is 1. The lowest BCUT2D eigenvalue weighted by Gasteiger charge is -2.24. The summed E-state index contributed by atoms with van der Waals surface area (Å²) in [6.45, 7) is 0.336. The van der Waals surface area contributed by atoms with Gasteiger partial charge < -0.3 is 15.3 Å². The summed E-state index contributed by atoms with van der Waals surface area (Å²) in [5, 5.41) is 13.1. The van der Waals surface area contributed by atoms with Gasteiger partial charge in [0.25, 0.3) is 11.8 Å². The Bertz CT molecular complexity index is 1580. The monoisotopic (exact) mass is 592 g/mol. The molecule has 0 spiro atoms. The second-order valence-electron chi connectivity index (χ2n) is 9.33. The van der Waals surface area contributed by atoms with E-state index in [0.717, 1.165) is 5.56 Å². The molecular weight excluding hydrogens is 566 g/mol. The van der Waals surface area contributed by atoms with E-state index in [-0.39, 0.29) is 37.9 Å². The first-order valence-corrected chi connectivity index (χ1v) is 13.6. The van der Waals surface area contributed by atoms with Crippen molar-refractivity contribution in [1.29, 1.82) is 0 Å². The molecule has 0 radical (unpaired) electrons. The van der Waals surface area contributed by atoms with Crippen molar-refractivity contribution in [2.75, 3.05) is 13.1 Å². The lowest BCUT2D eigenvalue weighted by atomic mass is 9.94. The summed E-state index contributed by atoms with van der Waals surface area (Å²) in [6.07, 6.45) is 0.157. The fraction of sp³-hybridized carbons (Fsp3) is 0.156. The molecule has 41 heavy (non-hydrogen) atoms. The maximum absolute atomic E-state index is 13.9. The van der Waals surface area contributed by atoms with Crippen LogP contribution in [0, 0.1) is 5.82 Å². The van der Waals surface area contributed by atoms with Gasteiger partial charge in [-0.1, -0.05) is 77.8 Å². The molecule has 4 aromatic carbocycles. The van der Waals surface area contributed by atoms with Gasteiger partial charge in [-0.3, -0.25) is 14.4 Å². The summed E-state index contributed by atoms with van der Waals surface area (Å²) in [6, 6.07) is 24.8. The molecule has 210 valence electrons. The Kier molecular flexibility index (Phi) is 10.1. The third kappa shape index (κ3) is 7.93. The molecule has 0 bridgehead atoms. The topological polar surface area (TPSA) is 86.7 Å². The predicted molar refractivity (Wildman–Crippen MR) is 158 cm³/mol. The number of benzene rings is 4. The van der Waals surface area contributed by atoms with Crippen LogP contribution in [0.25, 0.3) is 11.1 Å². The van der Waals surface area contributed by atoms with Gasteiger partial charge >= 0.3 is 5.97 Å². The summed E-state index contributed by atoms with van der Waals surface area (Å²) >= 11 is 12.3. The van der Waals surface area contributed by atoms with Crippen molar-refractivity contribution in [2.45, 2.75) is 19.4 Å². The van der Waals surface area contributed by atoms with Gasteiger partial charge in [0, 0.05) is 40.8 Å². The van der Waals surface area contributed by atoms with Crippen molar-refractivity contribution in [3.05, 3.63) is 129 Å². The molecule has 0 heterocycles. The third-order valence-corrected chi connectivity index (χ3v) is 7.10. The highest BCUT2D eigenvalue weighted by Crippen LogP contribution is 2.29. The maximum Gasteiger partial charge on any atom is 0.305 e. The van der Waals surface area contributed by atoms with Crippen LogP contribution in [0.5, 0.6) is 0 Å². The fourth-order valence-corrected chi connectivity index (χ4v) is 4.94. The zero-order valence-electron chi connectivity index (χ0n) is 21.9. The van der Waals surface area contributed by atoms with Crippen LogP contribution < -0.4 is 5.32 Å². The molecule has 4 rings (SSSR count). The Labute approximate surface area is 247 Å². The Balaban J connectivity index is 1.61. The van der Waals surface area contributed by atoms with Gasteiger partial charge in [-0.25, -0.2) is 4.39 Å². The van der Waals surface area contributed by atoms with Crippen LogP contribution in [0.15, 0.2) is 91.0 Å². The molecule has 0 aliphatic carbocycles. The first-order chi connectivity index (χ1) is 19.7. The first kappa shape index (κ1) is 29.8. The highest BCUT2D eigenvalue weighted by atomic mass is 35.5. The number of carbonyl (C=O) groups is 3. The number of amides is 2. The number of hydrogen-bond donors (Lipinski definition) is 2. The Hall–Kier alpha value is -4.20. The smallest absolute Gasteiger partial charge is 0.305 e. The largest absolute Gasteiger partial charge is 0.481 e. The van der Waals surface area contributed by atoms with Crippen LogP contribution in [0.1, 0.15) is 38.3 Å². The van der Waals surface area contributed by atoms with E-state index < -0.39 is 11.8 Å². The van der Waals surface area contributed by atoms with Crippen molar-refractivity contribution in [3.8, 4) is 11.1 Å². The van der Waals surface area contributed by atoms with E-state index in [1.165, 1.54) is 17.0 Å². The molecule has 6 nitrogen and oxygen atoms in total. The number of hydrogen-bond acceptors (Lipinski definition) is 3. The lowest BCUT2D eigenvalue weighted by Crippen LogP contribution is -2.35. The number of aliphatic carboxylic acids is 1. The van der Waals surface area contributed by atoms with Crippen molar-refractivity contribution in [3.63, 3.8) is 0 Å². The second kappa shape index (κ2) is 13.9. The minimum Gasteiger partial charge on any atom is -0.481 e. The van der Waals surface area contributed by atoms with Gasteiger partial charge in [-0.2, -0.15) is 0 Å². The van der Waals surface area contributed by atoms with Gasteiger partial charge in [-0.15, -0.1) is 0 Å². The Morgan fingerprint density at radius 2 is 1.49 bits per heavy atom. The molecule has 0 unspecified atom stereocenters. The van der Waals surface area contributed by atoms with Crippen LogP contribution in [-0.4, -0.2) is 40.9 Å². The van der Waals surface area contributed by atoms with Gasteiger partial charge in [0.05, 0.1) is 6.42 Å². The van der Waals surface area contributed by atoms with Crippen LogP contribution in [0.2, 0.25) is 10.0 Å². The van der Waals surface area contributed by atoms with Crippen molar-refractivity contribution in [1.82, 2.24) is 10.2 Å². The standard InChI is InChI=1S/C32H27Cl2FN2O4/c33-23-13-12-22(29(34)19-23)14-16-37(17-15-30(38)39)32(41)28-11-4-2-9-26(28)25-8-1-3-10-27(25)31(40)36-20-21-6-5-7-24(35)18-21/h1-13,18-19H,14-17,20H2,(H,36,40)(H,38,39). The highest BCUT2D eigenvalue weighted by molar-refractivity contribution is 6.35. The minimum atomic E-state index is -1.03. The fourth-order valence-electron chi connectivity index (χ4n) is 4.44. The summed E-state index contributed by atoms with van der Waals surface area (Å²) in [7, 11) is 0. The van der Waals surface area contributed by atoms with Gasteiger partial charge in [0.1, 0.15) is 5.82 Å². The predicted octanol–water partition coefficient (Wildman–Crippen LogP) is 6.89. The molecule has 0 aliphatic rings. The Morgan fingerprint density at radius 1 is 0.805 bits per heavy atom. The van der Waals surface area contributed by atoms with Crippen molar-refractivity contribution in [2.24, 2.45) is 0 Å². The van der Waals surface area contributed by atoms with E-state index in [1.807, 2.05) is 0 Å². The lowest BCUT2D eigenvalue weighted by molar-refractivity contribution is -0.137. The molecule has 4 aromatic rings. The van der Waals surface area contributed by atoms with Gasteiger partial charge in [0.2, 0.25) is 0 Å². The number of carboxylic acids is 1. The molecule has 0 fully saturated rings. The summed E-state index contributed by atoms with van der Waals surface area (Å²) < 4.78 is 13.6. The first-order valence-electron chi connectivity index (χ1n) is 12.9. The average molecular weight is 593 g/mol. The van der Waals surface area contributed by atoms with E-state index in [0.29, 0.717) is 44.3 Å². The number of halogens is 3. The molecule has 0 atom stereocenters. The van der Waals surface area contributed by atoms with Crippen LogP contribution in [0.3, 0.4) is 0 Å². The highest BCUT2D eigenvalue weighted by Gasteiger charge is 2.23. The van der Waals surface area contributed by atoms with Gasteiger partial charge in [0.15, 0.2) is 0 Å². The number of nitrogens with one attached hydrogen (secondary N) is 1. The average Bonchev–Trinajstić information content (AvgIpc) is 2.96. The molecule has 0 aliphatic heterocycles. The summed E-state index contributed by atoms with van der Waals surface area (Å²) in [5.74, 6) is -2.18. The van der Waals surface area contributed by atoms with Crippen molar-refractivity contribution >= 4 is 41.0 Å². The van der Waals surface area contributed by atoms with E-state index in [4.69, 9.17) is 23.2 Å². The van der Waals surface area contributed by atoms with E-state index in [1.54, 1.807) is 78.9 Å². The van der Waals surface area contributed by atoms with Gasteiger partial charge in [-0.05, 0) is 65.1 Å². The molecule has 2 amide bonds. The van der Waals surface area contributed by atoms with E-state index in [2.05, 4.69) is 5.32 Å². The van der Waals surface area contributed by atoms with Crippen LogP contribution >= 0.6 is 23.2 Å². The molecular formula is C32H27Cl2FN2O4. The summed E-state index contributed by atoms with van der Waals surface area (Å²) in [4.78, 5) is 40.0. The molecule has 2 N–H and O–H groups in total. The zero-order chi connectivity index (χ0) is 29.4. The third-order valence-electron chi connectivity index (χ3n) is 6.51. The van der Waals surface area contributed by atoms with E-state index >= 15 is 0 Å². The maximum atomic E-state index is 13.9. The quantitative estimate of drug-likeness (QED) is 0.198. The van der Waals surface area contributed by atoms with Crippen LogP contribution in [-0.2, 0) is 17.8 Å². The number of rotatable bonds is 11. The van der Waals surface area contributed by atoms with Crippen LogP contribution in [0.4, 0.5) is 4.39 Å². The molecule has 0 saturated heterocycles. The molecule has 0 saturated carbocycles. The Morgan fingerprint density at radius 3 is 2.17 bits per heavy atom. The van der Waals surface area contributed by atoms with Crippen molar-refractivity contribution < 1.29 is 23.9 Å². The van der Waals surface area contributed by atoms with E-state index in [9.17, 15) is 23.9 Å².